The molecular formula is C15H13ClN2O. The molecule has 2 rings (SSSR count). The van der Waals surface area contributed by atoms with Crippen LogP contribution in [0.1, 0.15) is 11.1 Å². The molecule has 0 spiro atoms. The number of anilines is 2. The van der Waals surface area contributed by atoms with Gasteiger partial charge in [-0.2, -0.15) is 5.26 Å². The van der Waals surface area contributed by atoms with Crippen LogP contribution in [-0.4, -0.2) is 7.11 Å². The summed E-state index contributed by atoms with van der Waals surface area (Å²) in [6, 6.07) is 13.1. The van der Waals surface area contributed by atoms with Crippen molar-refractivity contribution in [2.45, 2.75) is 6.92 Å². The molecule has 19 heavy (non-hydrogen) atoms. The first-order valence-corrected chi connectivity index (χ1v) is 6.13. The summed E-state index contributed by atoms with van der Waals surface area (Å²) in [4.78, 5) is 0. The maximum absolute atomic E-state index is 9.10. The summed E-state index contributed by atoms with van der Waals surface area (Å²) in [7, 11) is 1.59. The standard InChI is InChI=1S/C15H13ClN2O/c1-10-3-5-12(7-14(10)16)18-15-8-13(19-2)6-4-11(15)9-17/h3-8,18H,1-2H3. The Labute approximate surface area is 117 Å². The molecule has 0 aliphatic rings. The normalized spacial score (nSPS) is 9.79. The van der Waals surface area contributed by atoms with E-state index in [4.69, 9.17) is 21.6 Å². The van der Waals surface area contributed by atoms with Crippen molar-refractivity contribution in [1.29, 1.82) is 5.26 Å². The number of benzene rings is 2. The van der Waals surface area contributed by atoms with E-state index in [-0.39, 0.29) is 0 Å². The minimum Gasteiger partial charge on any atom is -0.497 e. The van der Waals surface area contributed by atoms with Crippen LogP contribution < -0.4 is 10.1 Å². The average molecular weight is 273 g/mol. The summed E-state index contributed by atoms with van der Waals surface area (Å²) in [6.07, 6.45) is 0. The van der Waals surface area contributed by atoms with E-state index >= 15 is 0 Å². The molecule has 0 unspecified atom stereocenters. The molecule has 0 radical (unpaired) electrons. The van der Waals surface area contributed by atoms with Crippen LogP contribution in [0, 0.1) is 18.3 Å². The molecule has 0 saturated carbocycles. The quantitative estimate of drug-likeness (QED) is 0.907. The van der Waals surface area contributed by atoms with Crippen molar-refractivity contribution in [3.8, 4) is 11.8 Å². The lowest BCUT2D eigenvalue weighted by atomic mass is 10.1. The van der Waals surface area contributed by atoms with Gasteiger partial charge in [0.2, 0.25) is 0 Å². The maximum Gasteiger partial charge on any atom is 0.121 e. The van der Waals surface area contributed by atoms with Crippen LogP contribution in [0.5, 0.6) is 5.75 Å². The molecule has 0 aromatic heterocycles. The van der Waals surface area contributed by atoms with Crippen molar-refractivity contribution in [1.82, 2.24) is 0 Å². The molecule has 0 amide bonds. The van der Waals surface area contributed by atoms with Gasteiger partial charge in [-0.05, 0) is 36.8 Å². The van der Waals surface area contributed by atoms with Gasteiger partial charge in [0.25, 0.3) is 0 Å². The van der Waals surface area contributed by atoms with Gasteiger partial charge in [0, 0.05) is 16.8 Å². The molecule has 0 aliphatic carbocycles. The zero-order chi connectivity index (χ0) is 13.8. The Kier molecular flexibility index (Phi) is 3.94. The molecule has 4 heteroatoms. The van der Waals surface area contributed by atoms with E-state index in [0.29, 0.717) is 22.0 Å². The molecule has 0 aliphatic heterocycles. The van der Waals surface area contributed by atoms with Gasteiger partial charge in [-0.3, -0.25) is 0 Å². The fourth-order valence-corrected chi connectivity index (χ4v) is 1.86. The molecule has 0 atom stereocenters. The van der Waals surface area contributed by atoms with Crippen LogP contribution in [0.25, 0.3) is 0 Å². The van der Waals surface area contributed by atoms with Crippen LogP contribution in [0.4, 0.5) is 11.4 Å². The first-order valence-electron chi connectivity index (χ1n) is 5.75. The van der Waals surface area contributed by atoms with Crippen molar-refractivity contribution in [3.05, 3.63) is 52.5 Å². The molecule has 96 valence electrons. The van der Waals surface area contributed by atoms with Crippen LogP contribution >= 0.6 is 11.6 Å². The molecule has 3 nitrogen and oxygen atoms in total. The Morgan fingerprint density at radius 3 is 2.63 bits per heavy atom. The van der Waals surface area contributed by atoms with Crippen LogP contribution in [0.15, 0.2) is 36.4 Å². The fraction of sp³-hybridized carbons (Fsp3) is 0.133. The number of nitriles is 1. The van der Waals surface area contributed by atoms with Crippen LogP contribution in [0.3, 0.4) is 0 Å². The fourth-order valence-electron chi connectivity index (χ4n) is 1.68. The first-order chi connectivity index (χ1) is 9.13. The van der Waals surface area contributed by atoms with E-state index in [1.54, 1.807) is 25.3 Å². The number of methoxy groups -OCH3 is 1. The van der Waals surface area contributed by atoms with E-state index in [1.807, 2.05) is 25.1 Å². The molecule has 0 saturated heterocycles. The summed E-state index contributed by atoms with van der Waals surface area (Å²) in [5.74, 6) is 0.694. The lowest BCUT2D eigenvalue weighted by Gasteiger charge is -2.11. The van der Waals surface area contributed by atoms with Gasteiger partial charge in [-0.15, -0.1) is 0 Å². The molecule has 0 heterocycles. The van der Waals surface area contributed by atoms with Gasteiger partial charge < -0.3 is 10.1 Å². The second-order valence-electron chi connectivity index (χ2n) is 4.11. The number of ether oxygens (including phenoxy) is 1. The van der Waals surface area contributed by atoms with Crippen molar-refractivity contribution in [3.63, 3.8) is 0 Å². The van der Waals surface area contributed by atoms with Gasteiger partial charge in [0.15, 0.2) is 0 Å². The lowest BCUT2D eigenvalue weighted by Crippen LogP contribution is -1.95. The third-order valence-electron chi connectivity index (χ3n) is 2.80. The Morgan fingerprint density at radius 2 is 2.00 bits per heavy atom. The average Bonchev–Trinajstić information content (AvgIpc) is 2.43. The summed E-state index contributed by atoms with van der Waals surface area (Å²) >= 11 is 6.08. The van der Waals surface area contributed by atoms with E-state index in [9.17, 15) is 0 Å². The molecule has 1 N–H and O–H groups in total. The van der Waals surface area contributed by atoms with Gasteiger partial charge in [-0.25, -0.2) is 0 Å². The van der Waals surface area contributed by atoms with E-state index in [0.717, 1.165) is 11.3 Å². The Hall–Kier alpha value is -2.18. The number of rotatable bonds is 3. The third-order valence-corrected chi connectivity index (χ3v) is 3.21. The van der Waals surface area contributed by atoms with E-state index in [2.05, 4.69) is 11.4 Å². The largest absolute Gasteiger partial charge is 0.497 e. The highest BCUT2D eigenvalue weighted by Gasteiger charge is 2.05. The maximum atomic E-state index is 9.10. The minimum absolute atomic E-state index is 0.553. The van der Waals surface area contributed by atoms with Crippen molar-refractivity contribution < 1.29 is 4.74 Å². The summed E-state index contributed by atoms with van der Waals surface area (Å²) in [6.45, 7) is 1.94. The number of hydrogen-bond acceptors (Lipinski definition) is 3. The highest BCUT2D eigenvalue weighted by atomic mass is 35.5. The van der Waals surface area contributed by atoms with Gasteiger partial charge >= 0.3 is 0 Å². The van der Waals surface area contributed by atoms with E-state index < -0.39 is 0 Å². The third kappa shape index (κ3) is 2.98. The van der Waals surface area contributed by atoms with E-state index in [1.165, 1.54) is 0 Å². The highest BCUT2D eigenvalue weighted by molar-refractivity contribution is 6.31. The number of nitrogens with one attached hydrogen (secondary N) is 1. The van der Waals surface area contributed by atoms with Gasteiger partial charge in [0.05, 0.1) is 18.4 Å². The summed E-state index contributed by atoms with van der Waals surface area (Å²) < 4.78 is 5.16. The minimum atomic E-state index is 0.553. The number of aryl methyl sites for hydroxylation is 1. The van der Waals surface area contributed by atoms with Crippen LogP contribution in [0.2, 0.25) is 5.02 Å². The molecule has 2 aromatic rings. The Bertz CT molecular complexity index is 647. The Balaban J connectivity index is 2.36. The molecule has 2 aromatic carbocycles. The van der Waals surface area contributed by atoms with Gasteiger partial charge in [0.1, 0.15) is 11.8 Å². The van der Waals surface area contributed by atoms with Crippen molar-refractivity contribution in [2.24, 2.45) is 0 Å². The first kappa shape index (κ1) is 13.3. The molecule has 0 fully saturated rings. The monoisotopic (exact) mass is 272 g/mol. The summed E-state index contributed by atoms with van der Waals surface area (Å²) in [5.41, 5.74) is 3.10. The zero-order valence-electron chi connectivity index (χ0n) is 10.7. The van der Waals surface area contributed by atoms with Crippen LogP contribution in [-0.2, 0) is 0 Å². The molecular weight excluding hydrogens is 260 g/mol. The zero-order valence-corrected chi connectivity index (χ0v) is 11.5. The predicted octanol–water partition coefficient (Wildman–Crippen LogP) is 4.27. The van der Waals surface area contributed by atoms with Crippen molar-refractivity contribution >= 4 is 23.0 Å². The molecule has 0 bridgehead atoms. The number of hydrogen-bond donors (Lipinski definition) is 1. The predicted molar refractivity (Wildman–Crippen MR) is 77.2 cm³/mol. The Morgan fingerprint density at radius 1 is 1.21 bits per heavy atom. The second-order valence-corrected chi connectivity index (χ2v) is 4.52. The lowest BCUT2D eigenvalue weighted by molar-refractivity contribution is 0.415. The second kappa shape index (κ2) is 5.64. The SMILES string of the molecule is COc1ccc(C#N)c(Nc2ccc(C)c(Cl)c2)c1. The topological polar surface area (TPSA) is 45.0 Å². The number of halogens is 1. The van der Waals surface area contributed by atoms with Gasteiger partial charge in [-0.1, -0.05) is 17.7 Å². The summed E-state index contributed by atoms with van der Waals surface area (Å²) in [5, 5.41) is 13.0. The smallest absolute Gasteiger partial charge is 0.121 e. The van der Waals surface area contributed by atoms with Crippen molar-refractivity contribution in [2.75, 3.05) is 12.4 Å². The highest BCUT2D eigenvalue weighted by Crippen LogP contribution is 2.27. The number of nitrogens with zero attached hydrogens (tertiary/aromatic N) is 1.